The molecule has 0 N–H and O–H groups in total. The minimum atomic E-state index is 0.0844. The van der Waals surface area contributed by atoms with Crippen LogP contribution in [-0.2, 0) is 4.79 Å². The highest BCUT2D eigenvalue weighted by atomic mass is 35.5. The molecule has 0 bridgehead atoms. The summed E-state index contributed by atoms with van der Waals surface area (Å²) in [6.45, 7) is 7.84. The molecule has 1 aromatic rings. The monoisotopic (exact) mass is 265 g/mol. The number of rotatable bonds is 2. The fourth-order valence-corrected chi connectivity index (χ4v) is 2.78. The van der Waals surface area contributed by atoms with E-state index in [9.17, 15) is 4.79 Å². The summed E-state index contributed by atoms with van der Waals surface area (Å²) in [5.74, 6) is 1.29. The summed E-state index contributed by atoms with van der Waals surface area (Å²) in [5.41, 5.74) is 1.28. The van der Waals surface area contributed by atoms with Gasteiger partial charge in [0.05, 0.1) is 0 Å². The topological polar surface area (TPSA) is 20.3 Å². The third kappa shape index (κ3) is 2.69. The van der Waals surface area contributed by atoms with Crippen molar-refractivity contribution >= 4 is 17.5 Å². The Kier molecular flexibility index (Phi) is 3.96. The van der Waals surface area contributed by atoms with E-state index in [1.165, 1.54) is 5.56 Å². The lowest BCUT2D eigenvalue weighted by Gasteiger charge is -2.18. The number of hydrogen-bond donors (Lipinski definition) is 0. The normalized spacial score (nSPS) is 23.7. The molecule has 1 saturated heterocycles. The van der Waals surface area contributed by atoms with E-state index in [4.69, 9.17) is 11.6 Å². The first-order valence-corrected chi connectivity index (χ1v) is 6.91. The largest absolute Gasteiger partial charge is 0.342 e. The predicted octanol–water partition coefficient (Wildman–Crippen LogP) is 3.56. The Hall–Kier alpha value is -1.02. The van der Waals surface area contributed by atoms with Crippen molar-refractivity contribution in [1.29, 1.82) is 0 Å². The standard InChI is InChI=1S/C15H20ClNO/c1-10(2)15(18)17-8-11(3)14(9-17)12-4-6-13(16)7-5-12/h4-7,10-11,14H,8-9H2,1-3H3/t11-,14-/m1/s1. The van der Waals surface area contributed by atoms with Crippen molar-refractivity contribution in [3.63, 3.8) is 0 Å². The Morgan fingerprint density at radius 3 is 2.44 bits per heavy atom. The number of benzene rings is 1. The molecular formula is C15H20ClNO. The van der Waals surface area contributed by atoms with Gasteiger partial charge in [0, 0.05) is 29.9 Å². The van der Waals surface area contributed by atoms with Gasteiger partial charge >= 0.3 is 0 Å². The van der Waals surface area contributed by atoms with Crippen LogP contribution in [0.3, 0.4) is 0 Å². The quantitative estimate of drug-likeness (QED) is 0.801. The second kappa shape index (κ2) is 5.31. The van der Waals surface area contributed by atoms with Gasteiger partial charge in [-0.25, -0.2) is 0 Å². The second-order valence-corrected chi connectivity index (χ2v) is 5.97. The number of nitrogens with zero attached hydrogens (tertiary/aromatic N) is 1. The molecule has 1 fully saturated rings. The van der Waals surface area contributed by atoms with Crippen LogP contribution >= 0.6 is 11.6 Å². The Balaban J connectivity index is 2.12. The van der Waals surface area contributed by atoms with Gasteiger partial charge in [-0.2, -0.15) is 0 Å². The Morgan fingerprint density at radius 1 is 1.28 bits per heavy atom. The molecule has 2 rings (SSSR count). The maximum Gasteiger partial charge on any atom is 0.225 e. The van der Waals surface area contributed by atoms with Crippen LogP contribution < -0.4 is 0 Å². The maximum absolute atomic E-state index is 12.0. The number of carbonyl (C=O) groups is 1. The van der Waals surface area contributed by atoms with E-state index in [1.807, 2.05) is 30.9 Å². The van der Waals surface area contributed by atoms with Crippen LogP contribution in [0, 0.1) is 11.8 Å². The first-order valence-electron chi connectivity index (χ1n) is 6.53. The van der Waals surface area contributed by atoms with Crippen molar-refractivity contribution in [1.82, 2.24) is 4.90 Å². The summed E-state index contributed by atoms with van der Waals surface area (Å²) < 4.78 is 0. The molecule has 3 heteroatoms. The summed E-state index contributed by atoms with van der Waals surface area (Å²) in [7, 11) is 0. The van der Waals surface area contributed by atoms with E-state index in [-0.39, 0.29) is 11.8 Å². The summed E-state index contributed by atoms with van der Waals surface area (Å²) >= 11 is 5.91. The Morgan fingerprint density at radius 2 is 1.89 bits per heavy atom. The molecular weight excluding hydrogens is 246 g/mol. The van der Waals surface area contributed by atoms with Gasteiger partial charge in [-0.1, -0.05) is 44.5 Å². The zero-order valence-corrected chi connectivity index (χ0v) is 11.9. The molecule has 1 aromatic carbocycles. The van der Waals surface area contributed by atoms with Crippen LogP contribution in [0.2, 0.25) is 5.02 Å². The van der Waals surface area contributed by atoms with Gasteiger partial charge in [0.2, 0.25) is 5.91 Å². The molecule has 1 heterocycles. The molecule has 0 aliphatic carbocycles. The summed E-state index contributed by atoms with van der Waals surface area (Å²) in [6.07, 6.45) is 0. The van der Waals surface area contributed by atoms with Gasteiger partial charge in [0.15, 0.2) is 0 Å². The first kappa shape index (κ1) is 13.4. The van der Waals surface area contributed by atoms with Crippen molar-refractivity contribution in [3.05, 3.63) is 34.9 Å². The number of amides is 1. The minimum Gasteiger partial charge on any atom is -0.342 e. The molecule has 0 radical (unpaired) electrons. The van der Waals surface area contributed by atoms with Crippen LogP contribution in [0.4, 0.5) is 0 Å². The Labute approximate surface area is 114 Å². The maximum atomic E-state index is 12.0. The van der Waals surface area contributed by atoms with Crippen LogP contribution in [0.15, 0.2) is 24.3 Å². The van der Waals surface area contributed by atoms with Crippen molar-refractivity contribution in [2.24, 2.45) is 11.8 Å². The summed E-state index contributed by atoms with van der Waals surface area (Å²) in [5, 5.41) is 0.763. The van der Waals surface area contributed by atoms with Crippen LogP contribution in [-0.4, -0.2) is 23.9 Å². The number of hydrogen-bond acceptors (Lipinski definition) is 1. The molecule has 0 unspecified atom stereocenters. The highest BCUT2D eigenvalue weighted by Crippen LogP contribution is 2.33. The molecule has 0 spiro atoms. The molecule has 1 aliphatic rings. The molecule has 0 aromatic heterocycles. The number of likely N-dealkylation sites (tertiary alicyclic amines) is 1. The zero-order valence-electron chi connectivity index (χ0n) is 11.2. The molecule has 2 nitrogen and oxygen atoms in total. The lowest BCUT2D eigenvalue weighted by molar-refractivity contribution is -0.133. The fraction of sp³-hybridized carbons (Fsp3) is 0.533. The average Bonchev–Trinajstić information content (AvgIpc) is 2.71. The van der Waals surface area contributed by atoms with Crippen LogP contribution in [0.1, 0.15) is 32.3 Å². The van der Waals surface area contributed by atoms with Crippen LogP contribution in [0.25, 0.3) is 0 Å². The lowest BCUT2D eigenvalue weighted by atomic mass is 9.90. The molecule has 1 amide bonds. The highest BCUT2D eigenvalue weighted by molar-refractivity contribution is 6.30. The van der Waals surface area contributed by atoms with Crippen molar-refractivity contribution in [2.75, 3.05) is 13.1 Å². The molecule has 2 atom stereocenters. The third-order valence-electron chi connectivity index (χ3n) is 3.72. The van der Waals surface area contributed by atoms with E-state index in [2.05, 4.69) is 19.1 Å². The minimum absolute atomic E-state index is 0.0844. The van der Waals surface area contributed by atoms with Gasteiger partial charge in [0.1, 0.15) is 0 Å². The van der Waals surface area contributed by atoms with Gasteiger partial charge in [-0.15, -0.1) is 0 Å². The molecule has 18 heavy (non-hydrogen) atoms. The van der Waals surface area contributed by atoms with Crippen molar-refractivity contribution < 1.29 is 4.79 Å². The van der Waals surface area contributed by atoms with E-state index in [0.29, 0.717) is 11.8 Å². The van der Waals surface area contributed by atoms with E-state index in [0.717, 1.165) is 18.1 Å². The first-order chi connectivity index (χ1) is 8.49. The lowest BCUT2D eigenvalue weighted by Crippen LogP contribution is -2.32. The number of halogens is 1. The summed E-state index contributed by atoms with van der Waals surface area (Å²) in [4.78, 5) is 14.0. The summed E-state index contributed by atoms with van der Waals surface area (Å²) in [6, 6.07) is 8.01. The van der Waals surface area contributed by atoms with Gasteiger partial charge < -0.3 is 4.90 Å². The fourth-order valence-electron chi connectivity index (χ4n) is 2.66. The predicted molar refractivity (Wildman–Crippen MR) is 74.8 cm³/mol. The second-order valence-electron chi connectivity index (χ2n) is 5.53. The van der Waals surface area contributed by atoms with E-state index in [1.54, 1.807) is 0 Å². The molecule has 98 valence electrons. The Bertz CT molecular complexity index is 427. The van der Waals surface area contributed by atoms with Gasteiger partial charge in [0.25, 0.3) is 0 Å². The zero-order chi connectivity index (χ0) is 13.3. The highest BCUT2D eigenvalue weighted by Gasteiger charge is 2.33. The van der Waals surface area contributed by atoms with Gasteiger partial charge in [-0.05, 0) is 23.6 Å². The van der Waals surface area contributed by atoms with E-state index < -0.39 is 0 Å². The van der Waals surface area contributed by atoms with Crippen LogP contribution in [0.5, 0.6) is 0 Å². The van der Waals surface area contributed by atoms with Gasteiger partial charge in [-0.3, -0.25) is 4.79 Å². The molecule has 0 saturated carbocycles. The van der Waals surface area contributed by atoms with E-state index >= 15 is 0 Å². The third-order valence-corrected chi connectivity index (χ3v) is 3.97. The van der Waals surface area contributed by atoms with Crippen molar-refractivity contribution in [3.8, 4) is 0 Å². The SMILES string of the molecule is CC(C)C(=O)N1C[C@@H](C)[C@H](c2ccc(Cl)cc2)C1. The molecule has 1 aliphatic heterocycles. The van der Waals surface area contributed by atoms with Crippen molar-refractivity contribution in [2.45, 2.75) is 26.7 Å². The number of carbonyl (C=O) groups excluding carboxylic acids is 1. The average molecular weight is 266 g/mol. The smallest absolute Gasteiger partial charge is 0.225 e.